The van der Waals surface area contributed by atoms with Crippen molar-refractivity contribution in [3.63, 3.8) is 0 Å². The van der Waals surface area contributed by atoms with Crippen LogP contribution >= 0.6 is 11.8 Å². The van der Waals surface area contributed by atoms with E-state index in [1.807, 2.05) is 42.1 Å². The molecule has 3 rings (SSSR count). The number of benzene rings is 2. The molecule has 1 heterocycles. The number of methoxy groups -OCH3 is 1. The van der Waals surface area contributed by atoms with E-state index in [0.717, 1.165) is 23.7 Å². The van der Waals surface area contributed by atoms with Crippen LogP contribution in [-0.4, -0.2) is 30.5 Å². The monoisotopic (exact) mass is 326 g/mol. The summed E-state index contributed by atoms with van der Waals surface area (Å²) in [5, 5.41) is 0.664. The Morgan fingerprint density at radius 2 is 1.78 bits per heavy atom. The predicted octanol–water partition coefficient (Wildman–Crippen LogP) is 4.09. The van der Waals surface area contributed by atoms with E-state index in [1.54, 1.807) is 37.5 Å². The molecule has 1 saturated heterocycles. The van der Waals surface area contributed by atoms with Crippen molar-refractivity contribution in [2.75, 3.05) is 19.5 Å². The third kappa shape index (κ3) is 4.63. The maximum atomic E-state index is 12.1. The Hall–Kier alpha value is -2.20. The lowest BCUT2D eigenvalue weighted by molar-refractivity contribution is 0.104. The molecule has 0 aromatic heterocycles. The summed E-state index contributed by atoms with van der Waals surface area (Å²) in [6, 6.07) is 14.9. The molecule has 2 aromatic rings. The van der Waals surface area contributed by atoms with E-state index < -0.39 is 0 Å². The SMILES string of the molecule is COc1ccc(C(=O)/C=C/c2ccc(OCC3CS3)cc2)cc1. The summed E-state index contributed by atoms with van der Waals surface area (Å²) >= 11 is 1.92. The Bertz CT molecular complexity index is 686. The highest BCUT2D eigenvalue weighted by Crippen LogP contribution is 2.30. The average molecular weight is 326 g/mol. The Kier molecular flexibility index (Phi) is 5.03. The van der Waals surface area contributed by atoms with Crippen molar-refractivity contribution in [2.24, 2.45) is 0 Å². The molecule has 1 aliphatic rings. The Labute approximate surface area is 140 Å². The Balaban J connectivity index is 1.58. The van der Waals surface area contributed by atoms with Crippen LogP contribution in [-0.2, 0) is 0 Å². The Morgan fingerprint density at radius 3 is 2.39 bits per heavy atom. The van der Waals surface area contributed by atoms with Crippen molar-refractivity contribution in [1.29, 1.82) is 0 Å². The summed E-state index contributed by atoms with van der Waals surface area (Å²) in [6.45, 7) is 0.774. The van der Waals surface area contributed by atoms with Gasteiger partial charge >= 0.3 is 0 Å². The van der Waals surface area contributed by atoms with Gasteiger partial charge in [-0.1, -0.05) is 18.2 Å². The van der Waals surface area contributed by atoms with Crippen molar-refractivity contribution in [1.82, 2.24) is 0 Å². The molecule has 23 heavy (non-hydrogen) atoms. The van der Waals surface area contributed by atoms with Gasteiger partial charge in [0, 0.05) is 16.6 Å². The van der Waals surface area contributed by atoms with Crippen LogP contribution in [0.3, 0.4) is 0 Å². The van der Waals surface area contributed by atoms with Gasteiger partial charge in [-0.15, -0.1) is 0 Å². The summed E-state index contributed by atoms with van der Waals surface area (Å²) in [5.41, 5.74) is 1.61. The highest BCUT2D eigenvalue weighted by atomic mass is 32.2. The average Bonchev–Trinajstić information content (AvgIpc) is 3.43. The quantitative estimate of drug-likeness (QED) is 0.436. The van der Waals surface area contributed by atoms with Gasteiger partial charge in [-0.05, 0) is 48.0 Å². The molecule has 1 unspecified atom stereocenters. The van der Waals surface area contributed by atoms with Crippen LogP contribution < -0.4 is 9.47 Å². The maximum absolute atomic E-state index is 12.1. The number of allylic oxidation sites excluding steroid dienone is 1. The second-order valence-electron chi connectivity index (χ2n) is 5.26. The normalized spacial score (nSPS) is 16.3. The molecule has 2 aromatic carbocycles. The van der Waals surface area contributed by atoms with Crippen LogP contribution in [0.25, 0.3) is 6.08 Å². The van der Waals surface area contributed by atoms with Gasteiger partial charge in [0.05, 0.1) is 7.11 Å². The van der Waals surface area contributed by atoms with Crippen LogP contribution in [0.2, 0.25) is 0 Å². The van der Waals surface area contributed by atoms with Gasteiger partial charge in [0.2, 0.25) is 0 Å². The molecule has 0 bridgehead atoms. The third-order valence-corrected chi connectivity index (χ3v) is 4.46. The molecule has 0 N–H and O–H groups in total. The molecule has 3 nitrogen and oxygen atoms in total. The van der Waals surface area contributed by atoms with Crippen molar-refractivity contribution >= 4 is 23.6 Å². The minimum Gasteiger partial charge on any atom is -0.497 e. The number of hydrogen-bond acceptors (Lipinski definition) is 4. The molecule has 4 heteroatoms. The van der Waals surface area contributed by atoms with Crippen LogP contribution in [0.4, 0.5) is 0 Å². The van der Waals surface area contributed by atoms with Crippen molar-refractivity contribution in [3.05, 3.63) is 65.7 Å². The van der Waals surface area contributed by atoms with Gasteiger partial charge in [-0.2, -0.15) is 11.8 Å². The second-order valence-corrected chi connectivity index (χ2v) is 6.59. The first-order valence-electron chi connectivity index (χ1n) is 7.45. The summed E-state index contributed by atoms with van der Waals surface area (Å²) < 4.78 is 10.8. The zero-order chi connectivity index (χ0) is 16.1. The molecule has 0 saturated carbocycles. The smallest absolute Gasteiger partial charge is 0.185 e. The zero-order valence-corrected chi connectivity index (χ0v) is 13.7. The fourth-order valence-corrected chi connectivity index (χ4v) is 2.45. The summed E-state index contributed by atoms with van der Waals surface area (Å²) in [4.78, 5) is 12.1. The molecule has 0 spiro atoms. The van der Waals surface area contributed by atoms with E-state index in [1.165, 1.54) is 5.75 Å². The second kappa shape index (κ2) is 7.38. The van der Waals surface area contributed by atoms with E-state index >= 15 is 0 Å². The highest BCUT2D eigenvalue weighted by molar-refractivity contribution is 8.06. The van der Waals surface area contributed by atoms with E-state index in [-0.39, 0.29) is 5.78 Å². The standard InChI is InChI=1S/C19H18O3S/c1-21-16-9-5-15(6-10-16)19(20)11-4-14-2-7-17(8-3-14)22-12-18-13-23-18/h2-11,18H,12-13H2,1H3/b11-4+. The fraction of sp³-hybridized carbons (Fsp3) is 0.211. The highest BCUT2D eigenvalue weighted by Gasteiger charge is 2.22. The first-order valence-corrected chi connectivity index (χ1v) is 8.50. The number of ketones is 1. The van der Waals surface area contributed by atoms with Crippen molar-refractivity contribution in [3.8, 4) is 11.5 Å². The first-order chi connectivity index (χ1) is 11.2. The third-order valence-electron chi connectivity index (χ3n) is 3.52. The van der Waals surface area contributed by atoms with Gasteiger partial charge < -0.3 is 9.47 Å². The van der Waals surface area contributed by atoms with Gasteiger partial charge in [0.15, 0.2) is 5.78 Å². The Morgan fingerprint density at radius 1 is 1.13 bits per heavy atom. The van der Waals surface area contributed by atoms with E-state index in [0.29, 0.717) is 10.8 Å². The van der Waals surface area contributed by atoms with Crippen LogP contribution in [0, 0.1) is 0 Å². The van der Waals surface area contributed by atoms with Crippen LogP contribution in [0.15, 0.2) is 54.6 Å². The molecular formula is C19H18O3S. The molecule has 118 valence electrons. The number of rotatable bonds is 7. The number of carbonyl (C=O) groups excluding carboxylic acids is 1. The van der Waals surface area contributed by atoms with Crippen molar-refractivity contribution < 1.29 is 14.3 Å². The van der Waals surface area contributed by atoms with E-state index in [4.69, 9.17) is 9.47 Å². The van der Waals surface area contributed by atoms with E-state index in [2.05, 4.69) is 0 Å². The lowest BCUT2D eigenvalue weighted by atomic mass is 10.1. The van der Waals surface area contributed by atoms with Gasteiger partial charge in [0.25, 0.3) is 0 Å². The molecule has 0 radical (unpaired) electrons. The zero-order valence-electron chi connectivity index (χ0n) is 12.9. The molecule has 1 fully saturated rings. The van der Waals surface area contributed by atoms with Crippen LogP contribution in [0.1, 0.15) is 15.9 Å². The summed E-state index contributed by atoms with van der Waals surface area (Å²) in [7, 11) is 1.60. The number of ether oxygens (including phenoxy) is 2. The first kappa shape index (κ1) is 15.7. The minimum absolute atomic E-state index is 0.0289. The fourth-order valence-electron chi connectivity index (χ4n) is 2.05. The lowest BCUT2D eigenvalue weighted by Crippen LogP contribution is -2.02. The number of carbonyl (C=O) groups is 1. The largest absolute Gasteiger partial charge is 0.497 e. The molecular weight excluding hydrogens is 308 g/mol. The van der Waals surface area contributed by atoms with Crippen LogP contribution in [0.5, 0.6) is 11.5 Å². The minimum atomic E-state index is -0.0289. The maximum Gasteiger partial charge on any atom is 0.185 e. The predicted molar refractivity (Wildman–Crippen MR) is 94.5 cm³/mol. The summed E-state index contributed by atoms with van der Waals surface area (Å²) in [6.07, 6.45) is 3.39. The lowest BCUT2D eigenvalue weighted by Gasteiger charge is -2.04. The molecule has 0 aliphatic carbocycles. The molecule has 1 atom stereocenters. The van der Waals surface area contributed by atoms with E-state index in [9.17, 15) is 4.79 Å². The van der Waals surface area contributed by atoms with Gasteiger partial charge in [0.1, 0.15) is 18.1 Å². The topological polar surface area (TPSA) is 35.5 Å². The van der Waals surface area contributed by atoms with Crippen molar-refractivity contribution in [2.45, 2.75) is 5.25 Å². The molecule has 1 aliphatic heterocycles. The van der Waals surface area contributed by atoms with Gasteiger partial charge in [-0.3, -0.25) is 4.79 Å². The van der Waals surface area contributed by atoms with Gasteiger partial charge in [-0.25, -0.2) is 0 Å². The number of thioether (sulfide) groups is 1. The summed E-state index contributed by atoms with van der Waals surface area (Å²) in [5.74, 6) is 2.79. The number of hydrogen-bond donors (Lipinski definition) is 0. The molecule has 0 amide bonds.